The van der Waals surface area contributed by atoms with E-state index in [1.54, 1.807) is 42.7 Å². The van der Waals surface area contributed by atoms with E-state index in [2.05, 4.69) is 20.2 Å². The predicted molar refractivity (Wildman–Crippen MR) is 122 cm³/mol. The van der Waals surface area contributed by atoms with Crippen molar-refractivity contribution in [1.29, 1.82) is 0 Å². The molecule has 0 atom stereocenters. The molecule has 1 aromatic heterocycles. The molecule has 1 N–H and O–H groups in total. The van der Waals surface area contributed by atoms with Gasteiger partial charge in [-0.2, -0.15) is 0 Å². The number of aromatic nitrogens is 2. The van der Waals surface area contributed by atoms with Gasteiger partial charge in [0.25, 0.3) is 11.6 Å². The van der Waals surface area contributed by atoms with Crippen LogP contribution in [0.25, 0.3) is 0 Å². The fraction of sp³-hybridized carbons (Fsp3) is 0.217. The number of non-ortho nitro benzene ring substituents is 1. The van der Waals surface area contributed by atoms with Gasteiger partial charge in [-0.3, -0.25) is 19.7 Å². The van der Waals surface area contributed by atoms with E-state index in [4.69, 9.17) is 0 Å². The van der Waals surface area contributed by atoms with Crippen molar-refractivity contribution < 1.29 is 14.5 Å². The Labute approximate surface area is 190 Å². The number of hydrogen-bond acceptors (Lipinski definition) is 7. The molecular formula is C23H22N6O4. The minimum Gasteiger partial charge on any atom is -0.339 e. The molecule has 0 aliphatic carbocycles. The zero-order valence-electron chi connectivity index (χ0n) is 17.8. The zero-order valence-corrected chi connectivity index (χ0v) is 17.8. The standard InChI is InChI=1S/C23H22N6O4/c30-21(27-11-13-28(14-12-27)23-24-9-2-10-25-23)15-17-5-7-19(8-6-17)26-22(31)18-3-1-4-20(16-18)29(32)33/h1-10,16H,11-15H2,(H,26,31). The molecule has 1 saturated heterocycles. The van der Waals surface area contributed by atoms with Crippen molar-refractivity contribution >= 4 is 29.1 Å². The summed E-state index contributed by atoms with van der Waals surface area (Å²) in [4.78, 5) is 47.8. The van der Waals surface area contributed by atoms with Crippen molar-refractivity contribution in [3.05, 3.63) is 88.2 Å². The van der Waals surface area contributed by atoms with Gasteiger partial charge in [-0.1, -0.05) is 18.2 Å². The van der Waals surface area contributed by atoms with Crippen LogP contribution >= 0.6 is 0 Å². The molecule has 2 aromatic carbocycles. The Morgan fingerprint density at radius 3 is 2.33 bits per heavy atom. The van der Waals surface area contributed by atoms with Gasteiger partial charge < -0.3 is 15.1 Å². The number of rotatable bonds is 6. The quantitative estimate of drug-likeness (QED) is 0.456. The molecule has 0 spiro atoms. The minimum atomic E-state index is -0.544. The van der Waals surface area contributed by atoms with Gasteiger partial charge in [0.2, 0.25) is 11.9 Å². The van der Waals surface area contributed by atoms with E-state index in [9.17, 15) is 19.7 Å². The van der Waals surface area contributed by atoms with E-state index in [1.165, 1.54) is 24.3 Å². The number of amides is 2. The summed E-state index contributed by atoms with van der Waals surface area (Å²) >= 11 is 0. The summed E-state index contributed by atoms with van der Waals surface area (Å²) in [6.45, 7) is 2.57. The maximum Gasteiger partial charge on any atom is 0.270 e. The predicted octanol–water partition coefficient (Wildman–Crippen LogP) is 2.53. The van der Waals surface area contributed by atoms with Gasteiger partial charge in [0.15, 0.2) is 0 Å². The van der Waals surface area contributed by atoms with Crippen molar-refractivity contribution in [2.24, 2.45) is 0 Å². The highest BCUT2D eigenvalue weighted by atomic mass is 16.6. The van der Waals surface area contributed by atoms with Crippen molar-refractivity contribution in [3.63, 3.8) is 0 Å². The Morgan fingerprint density at radius 1 is 0.970 bits per heavy atom. The van der Waals surface area contributed by atoms with Gasteiger partial charge in [0, 0.05) is 62.0 Å². The molecular weight excluding hydrogens is 424 g/mol. The Bertz CT molecular complexity index is 1150. The van der Waals surface area contributed by atoms with E-state index in [1.807, 2.05) is 4.90 Å². The number of nitro benzene ring substituents is 1. The maximum atomic E-state index is 12.7. The number of hydrogen-bond donors (Lipinski definition) is 1. The van der Waals surface area contributed by atoms with Gasteiger partial charge in [-0.25, -0.2) is 9.97 Å². The fourth-order valence-corrected chi connectivity index (χ4v) is 3.57. The van der Waals surface area contributed by atoms with Crippen LogP contribution in [0.4, 0.5) is 17.3 Å². The van der Waals surface area contributed by atoms with Crippen LogP contribution in [0.5, 0.6) is 0 Å². The van der Waals surface area contributed by atoms with Crippen LogP contribution in [0.3, 0.4) is 0 Å². The number of piperazine rings is 1. The lowest BCUT2D eigenvalue weighted by molar-refractivity contribution is -0.384. The molecule has 2 heterocycles. The van der Waals surface area contributed by atoms with Gasteiger partial charge in [0.1, 0.15) is 0 Å². The molecule has 1 fully saturated rings. The first-order valence-corrected chi connectivity index (χ1v) is 10.4. The van der Waals surface area contributed by atoms with Crippen molar-refractivity contribution in [1.82, 2.24) is 14.9 Å². The van der Waals surface area contributed by atoms with Crippen LogP contribution in [0, 0.1) is 10.1 Å². The molecule has 4 rings (SSSR count). The molecule has 10 heteroatoms. The summed E-state index contributed by atoms with van der Waals surface area (Å²) in [5.41, 5.74) is 1.43. The molecule has 2 amide bonds. The Morgan fingerprint density at radius 2 is 1.67 bits per heavy atom. The summed E-state index contributed by atoms with van der Waals surface area (Å²) in [5.74, 6) is 0.271. The number of carbonyl (C=O) groups is 2. The molecule has 0 unspecified atom stereocenters. The lowest BCUT2D eigenvalue weighted by Gasteiger charge is -2.34. The van der Waals surface area contributed by atoms with Crippen molar-refractivity contribution in [2.45, 2.75) is 6.42 Å². The SMILES string of the molecule is O=C(Nc1ccc(CC(=O)N2CCN(c3ncccn3)CC2)cc1)c1cccc([N+](=O)[O-])c1. The Balaban J connectivity index is 1.30. The topological polar surface area (TPSA) is 122 Å². The second-order valence-electron chi connectivity index (χ2n) is 7.55. The van der Waals surface area contributed by atoms with Gasteiger partial charge in [0.05, 0.1) is 11.3 Å². The van der Waals surface area contributed by atoms with Crippen LogP contribution in [-0.2, 0) is 11.2 Å². The largest absolute Gasteiger partial charge is 0.339 e. The lowest BCUT2D eigenvalue weighted by Crippen LogP contribution is -2.49. The molecule has 0 radical (unpaired) electrons. The first-order valence-electron chi connectivity index (χ1n) is 10.4. The average molecular weight is 446 g/mol. The number of nitro groups is 1. The second kappa shape index (κ2) is 9.86. The molecule has 0 saturated carbocycles. The average Bonchev–Trinajstić information content (AvgIpc) is 2.86. The van der Waals surface area contributed by atoms with E-state index in [-0.39, 0.29) is 23.6 Å². The Hall–Kier alpha value is -4.34. The smallest absolute Gasteiger partial charge is 0.270 e. The highest BCUT2D eigenvalue weighted by Gasteiger charge is 2.22. The van der Waals surface area contributed by atoms with Crippen LogP contribution in [0.2, 0.25) is 0 Å². The first-order chi connectivity index (χ1) is 16.0. The number of nitrogens with one attached hydrogen (secondary N) is 1. The minimum absolute atomic E-state index is 0.0389. The van der Waals surface area contributed by atoms with Crippen molar-refractivity contribution in [2.75, 3.05) is 36.4 Å². The van der Waals surface area contributed by atoms with Crippen LogP contribution in [-0.4, -0.2) is 57.8 Å². The highest BCUT2D eigenvalue weighted by molar-refractivity contribution is 6.04. The third-order valence-electron chi connectivity index (χ3n) is 5.35. The summed E-state index contributed by atoms with van der Waals surface area (Å²) in [5, 5.41) is 13.6. The molecule has 3 aromatic rings. The van der Waals surface area contributed by atoms with Gasteiger partial charge in [-0.15, -0.1) is 0 Å². The molecule has 10 nitrogen and oxygen atoms in total. The van der Waals surface area contributed by atoms with Crippen LogP contribution < -0.4 is 10.2 Å². The second-order valence-corrected chi connectivity index (χ2v) is 7.55. The third-order valence-corrected chi connectivity index (χ3v) is 5.35. The summed E-state index contributed by atoms with van der Waals surface area (Å²) in [6, 6.07) is 14.3. The summed E-state index contributed by atoms with van der Waals surface area (Å²) in [7, 11) is 0. The van der Waals surface area contributed by atoms with Crippen molar-refractivity contribution in [3.8, 4) is 0 Å². The summed E-state index contributed by atoms with van der Waals surface area (Å²) < 4.78 is 0. The van der Waals surface area contributed by atoms with E-state index in [0.29, 0.717) is 37.8 Å². The normalized spacial score (nSPS) is 13.5. The van der Waals surface area contributed by atoms with Crippen LogP contribution in [0.15, 0.2) is 67.0 Å². The molecule has 0 bridgehead atoms. The third kappa shape index (κ3) is 5.48. The molecule has 33 heavy (non-hydrogen) atoms. The highest BCUT2D eigenvalue weighted by Crippen LogP contribution is 2.17. The number of nitrogens with zero attached hydrogens (tertiary/aromatic N) is 5. The lowest BCUT2D eigenvalue weighted by atomic mass is 10.1. The number of carbonyl (C=O) groups excluding carboxylic acids is 2. The molecule has 1 aliphatic rings. The fourth-order valence-electron chi connectivity index (χ4n) is 3.57. The van der Waals surface area contributed by atoms with E-state index < -0.39 is 10.8 Å². The molecule has 168 valence electrons. The van der Waals surface area contributed by atoms with Gasteiger partial charge in [-0.05, 0) is 29.8 Å². The maximum absolute atomic E-state index is 12.7. The van der Waals surface area contributed by atoms with E-state index in [0.717, 1.165) is 5.56 Å². The number of benzene rings is 2. The summed E-state index contributed by atoms with van der Waals surface area (Å²) in [6.07, 6.45) is 3.67. The molecule has 1 aliphatic heterocycles. The zero-order chi connectivity index (χ0) is 23.2. The Kier molecular flexibility index (Phi) is 6.53. The first kappa shape index (κ1) is 21.9. The van der Waals surface area contributed by atoms with E-state index >= 15 is 0 Å². The number of anilines is 2. The van der Waals surface area contributed by atoms with Gasteiger partial charge >= 0.3 is 0 Å². The van der Waals surface area contributed by atoms with Crippen LogP contribution in [0.1, 0.15) is 15.9 Å². The monoisotopic (exact) mass is 446 g/mol.